The predicted molar refractivity (Wildman–Crippen MR) is 54.6 cm³/mol. The Morgan fingerprint density at radius 3 is 3.14 bits per heavy atom. The van der Waals surface area contributed by atoms with Crippen molar-refractivity contribution in [1.29, 1.82) is 0 Å². The maximum Gasteiger partial charge on any atom is 0.0955 e. The first-order valence-electron chi connectivity index (χ1n) is 4.53. The van der Waals surface area contributed by atoms with Gasteiger partial charge in [0.05, 0.1) is 24.1 Å². The molecule has 2 rings (SSSR count). The first-order chi connectivity index (χ1) is 6.81. The van der Waals surface area contributed by atoms with Crippen molar-refractivity contribution in [2.24, 2.45) is 7.05 Å². The van der Waals surface area contributed by atoms with Crippen LogP contribution < -0.4 is 5.32 Å². The summed E-state index contributed by atoms with van der Waals surface area (Å²) in [5.74, 6) is 0. The van der Waals surface area contributed by atoms with Gasteiger partial charge in [-0.15, -0.1) is 0 Å². The third-order valence-corrected chi connectivity index (χ3v) is 2.23. The third-order valence-electron chi connectivity index (χ3n) is 2.23. The summed E-state index contributed by atoms with van der Waals surface area (Å²) in [6.07, 6.45) is 1.80. The minimum Gasteiger partial charge on any atom is -0.381 e. The molecule has 0 saturated heterocycles. The Bertz CT molecular complexity index is 436. The van der Waals surface area contributed by atoms with Crippen LogP contribution in [0.3, 0.4) is 0 Å². The van der Waals surface area contributed by atoms with Crippen LogP contribution in [0.15, 0.2) is 24.5 Å². The Morgan fingerprint density at radius 1 is 1.50 bits per heavy atom. The Hall–Kier alpha value is -1.39. The molecule has 0 fully saturated rings. The maximum atomic E-state index is 8.61. The molecule has 1 heterocycles. The number of aromatic nitrogens is 2. The fourth-order valence-electron chi connectivity index (χ4n) is 1.49. The summed E-state index contributed by atoms with van der Waals surface area (Å²) < 4.78 is 1.98. The van der Waals surface area contributed by atoms with Gasteiger partial charge < -0.3 is 9.67 Å². The van der Waals surface area contributed by atoms with Crippen LogP contribution in [0.25, 0.3) is 11.0 Å². The zero-order valence-corrected chi connectivity index (χ0v) is 8.07. The SMILES string of the molecule is Cn1cnc2cc(CNCO)ccc21. The van der Waals surface area contributed by atoms with Crippen LogP contribution in [-0.2, 0) is 13.6 Å². The maximum absolute atomic E-state index is 8.61. The summed E-state index contributed by atoms with van der Waals surface area (Å²) in [7, 11) is 1.97. The van der Waals surface area contributed by atoms with Gasteiger partial charge in [-0.3, -0.25) is 5.32 Å². The second kappa shape index (κ2) is 3.77. The number of hydrogen-bond donors (Lipinski definition) is 2. The normalized spacial score (nSPS) is 11.0. The number of benzene rings is 1. The van der Waals surface area contributed by atoms with Gasteiger partial charge in [0.15, 0.2) is 0 Å². The fraction of sp³-hybridized carbons (Fsp3) is 0.300. The topological polar surface area (TPSA) is 50.1 Å². The molecule has 0 bridgehead atoms. The molecule has 14 heavy (non-hydrogen) atoms. The molecular weight excluding hydrogens is 178 g/mol. The molecule has 0 aliphatic carbocycles. The molecule has 0 aliphatic rings. The number of aliphatic hydroxyl groups excluding tert-OH is 1. The van der Waals surface area contributed by atoms with E-state index in [1.165, 1.54) is 0 Å². The lowest BCUT2D eigenvalue weighted by Gasteiger charge is -2.01. The molecule has 0 amide bonds. The van der Waals surface area contributed by atoms with Crippen LogP contribution in [0.4, 0.5) is 0 Å². The van der Waals surface area contributed by atoms with E-state index in [9.17, 15) is 0 Å². The predicted octanol–water partition coefficient (Wildman–Crippen LogP) is 0.613. The highest BCUT2D eigenvalue weighted by atomic mass is 16.3. The highest BCUT2D eigenvalue weighted by molar-refractivity contribution is 5.75. The molecule has 1 aromatic carbocycles. The summed E-state index contributed by atoms with van der Waals surface area (Å²) in [6, 6.07) is 6.10. The molecule has 4 heteroatoms. The molecule has 0 saturated carbocycles. The van der Waals surface area contributed by atoms with Crippen LogP contribution in [0.2, 0.25) is 0 Å². The van der Waals surface area contributed by atoms with Crippen molar-refractivity contribution in [2.75, 3.05) is 6.73 Å². The summed E-state index contributed by atoms with van der Waals surface area (Å²) >= 11 is 0. The van der Waals surface area contributed by atoms with Gasteiger partial charge in [0.1, 0.15) is 0 Å². The largest absolute Gasteiger partial charge is 0.381 e. The molecule has 4 nitrogen and oxygen atoms in total. The first kappa shape index (κ1) is 9.18. The molecule has 2 aromatic rings. The number of fused-ring (bicyclic) bond motifs is 1. The van der Waals surface area contributed by atoms with Gasteiger partial charge in [-0.1, -0.05) is 6.07 Å². The Balaban J connectivity index is 2.32. The average Bonchev–Trinajstić information content (AvgIpc) is 2.57. The molecule has 0 radical (unpaired) electrons. The van der Waals surface area contributed by atoms with Gasteiger partial charge in [0.25, 0.3) is 0 Å². The van der Waals surface area contributed by atoms with Gasteiger partial charge in [0, 0.05) is 13.6 Å². The molecule has 0 spiro atoms. The summed E-state index contributed by atoms with van der Waals surface area (Å²) in [4.78, 5) is 4.26. The quantitative estimate of drug-likeness (QED) is 0.699. The van der Waals surface area contributed by atoms with Crippen LogP contribution in [0.1, 0.15) is 5.56 Å². The van der Waals surface area contributed by atoms with Crippen LogP contribution in [0, 0.1) is 0 Å². The average molecular weight is 191 g/mol. The number of imidazole rings is 1. The molecule has 0 atom stereocenters. The van der Waals surface area contributed by atoms with Crippen molar-refractivity contribution >= 4 is 11.0 Å². The van der Waals surface area contributed by atoms with E-state index in [1.807, 2.05) is 29.8 Å². The minimum atomic E-state index is 0.000253. The monoisotopic (exact) mass is 191 g/mol. The zero-order valence-electron chi connectivity index (χ0n) is 8.07. The fourth-order valence-corrected chi connectivity index (χ4v) is 1.49. The van der Waals surface area contributed by atoms with Gasteiger partial charge in [-0.05, 0) is 17.7 Å². The van der Waals surface area contributed by atoms with Crippen molar-refractivity contribution in [3.63, 3.8) is 0 Å². The number of rotatable bonds is 3. The summed E-state index contributed by atoms with van der Waals surface area (Å²) in [6.45, 7) is 0.670. The Kier molecular flexibility index (Phi) is 2.47. The molecular formula is C10H13N3O. The van der Waals surface area contributed by atoms with E-state index in [0.29, 0.717) is 6.54 Å². The highest BCUT2D eigenvalue weighted by Crippen LogP contribution is 2.13. The lowest BCUT2D eigenvalue weighted by atomic mass is 10.2. The van der Waals surface area contributed by atoms with Gasteiger partial charge in [-0.2, -0.15) is 0 Å². The van der Waals surface area contributed by atoms with Gasteiger partial charge in [0.2, 0.25) is 0 Å². The molecule has 74 valence electrons. The van der Waals surface area contributed by atoms with Crippen molar-refractivity contribution in [3.8, 4) is 0 Å². The Labute approximate surface area is 82.2 Å². The number of hydrogen-bond acceptors (Lipinski definition) is 3. The summed E-state index contributed by atoms with van der Waals surface area (Å²) in [5.41, 5.74) is 3.24. The summed E-state index contributed by atoms with van der Waals surface area (Å²) in [5, 5.41) is 11.5. The van der Waals surface area contributed by atoms with Crippen LogP contribution >= 0.6 is 0 Å². The zero-order chi connectivity index (χ0) is 9.97. The lowest BCUT2D eigenvalue weighted by molar-refractivity contribution is 0.259. The number of nitrogens with one attached hydrogen (secondary N) is 1. The second-order valence-corrected chi connectivity index (χ2v) is 3.26. The number of aryl methyl sites for hydroxylation is 1. The minimum absolute atomic E-state index is 0.000253. The van der Waals surface area contributed by atoms with E-state index >= 15 is 0 Å². The van der Waals surface area contributed by atoms with E-state index in [4.69, 9.17) is 5.11 Å². The van der Waals surface area contributed by atoms with E-state index in [1.54, 1.807) is 6.33 Å². The van der Waals surface area contributed by atoms with E-state index in [-0.39, 0.29) is 6.73 Å². The van der Waals surface area contributed by atoms with Gasteiger partial charge in [-0.25, -0.2) is 4.98 Å². The smallest absolute Gasteiger partial charge is 0.0955 e. The van der Waals surface area contributed by atoms with E-state index < -0.39 is 0 Å². The van der Waals surface area contributed by atoms with E-state index in [2.05, 4.69) is 10.3 Å². The lowest BCUT2D eigenvalue weighted by Crippen LogP contribution is -2.13. The van der Waals surface area contributed by atoms with Crippen molar-refractivity contribution in [2.45, 2.75) is 6.54 Å². The number of aliphatic hydroxyl groups is 1. The first-order valence-corrected chi connectivity index (χ1v) is 4.53. The van der Waals surface area contributed by atoms with Gasteiger partial charge >= 0.3 is 0 Å². The van der Waals surface area contributed by atoms with Crippen molar-refractivity contribution in [1.82, 2.24) is 14.9 Å². The standard InChI is InChI=1S/C10H13N3O/c1-13-6-12-9-4-8(5-11-7-14)2-3-10(9)13/h2-4,6,11,14H,5,7H2,1H3. The number of nitrogens with zero attached hydrogens (tertiary/aromatic N) is 2. The third kappa shape index (κ3) is 1.62. The van der Waals surface area contributed by atoms with Crippen molar-refractivity contribution < 1.29 is 5.11 Å². The molecule has 2 N–H and O–H groups in total. The van der Waals surface area contributed by atoms with Crippen LogP contribution in [0.5, 0.6) is 0 Å². The molecule has 0 aliphatic heterocycles. The molecule has 0 unspecified atom stereocenters. The second-order valence-electron chi connectivity index (χ2n) is 3.26. The molecule has 1 aromatic heterocycles. The van der Waals surface area contributed by atoms with E-state index in [0.717, 1.165) is 16.6 Å². The van der Waals surface area contributed by atoms with Crippen molar-refractivity contribution in [3.05, 3.63) is 30.1 Å². The van der Waals surface area contributed by atoms with Crippen LogP contribution in [-0.4, -0.2) is 21.4 Å². The Morgan fingerprint density at radius 2 is 2.36 bits per heavy atom. The highest BCUT2D eigenvalue weighted by Gasteiger charge is 2.00.